The van der Waals surface area contributed by atoms with Crippen LogP contribution in [0.4, 0.5) is 5.69 Å². The molecule has 0 bridgehead atoms. The number of hydrogen-bond acceptors (Lipinski definition) is 6. The average molecular weight is 269 g/mol. The van der Waals surface area contributed by atoms with Gasteiger partial charge in [-0.05, 0) is 6.92 Å². The van der Waals surface area contributed by atoms with Gasteiger partial charge in [-0.1, -0.05) is 0 Å². The van der Waals surface area contributed by atoms with E-state index < -0.39 is 18.0 Å². The number of nitrogens with two attached hydrogens (primary N) is 1. The van der Waals surface area contributed by atoms with E-state index in [0.717, 1.165) is 0 Å². The van der Waals surface area contributed by atoms with Gasteiger partial charge in [-0.2, -0.15) is 0 Å². The van der Waals surface area contributed by atoms with Crippen LogP contribution in [-0.2, 0) is 9.53 Å². The number of anilines is 1. The number of rotatable bonds is 5. The molecule has 19 heavy (non-hydrogen) atoms. The Bertz CT molecular complexity index is 499. The van der Waals surface area contributed by atoms with Crippen LogP contribution < -0.4 is 15.2 Å². The molecule has 0 aliphatic carbocycles. The lowest BCUT2D eigenvalue weighted by atomic mass is 10.1. The number of methoxy groups -OCH3 is 2. The summed E-state index contributed by atoms with van der Waals surface area (Å²) in [5.74, 6) is -1.45. The molecule has 7 heteroatoms. The Labute approximate surface area is 109 Å². The summed E-state index contributed by atoms with van der Waals surface area (Å²) in [6.45, 7) is 1.47. The number of carboxylic acid groups (broad SMARTS) is 1. The Morgan fingerprint density at radius 3 is 2.37 bits per heavy atom. The molecule has 0 aliphatic heterocycles. The molecule has 1 rings (SSSR count). The molecule has 0 aromatic heterocycles. The van der Waals surface area contributed by atoms with Crippen molar-refractivity contribution in [2.75, 3.05) is 20.0 Å². The summed E-state index contributed by atoms with van der Waals surface area (Å²) < 4.78 is 14.9. The molecule has 1 aromatic carbocycles. The third-order valence-corrected chi connectivity index (χ3v) is 2.40. The topological polar surface area (TPSA) is 108 Å². The number of aromatic carboxylic acids is 1. The van der Waals surface area contributed by atoms with Crippen molar-refractivity contribution >= 4 is 17.6 Å². The van der Waals surface area contributed by atoms with Crippen molar-refractivity contribution in [2.24, 2.45) is 0 Å². The molecule has 0 radical (unpaired) electrons. The van der Waals surface area contributed by atoms with Gasteiger partial charge >= 0.3 is 11.9 Å². The Kier molecular flexibility index (Phi) is 4.57. The van der Waals surface area contributed by atoms with Crippen molar-refractivity contribution in [3.8, 4) is 11.5 Å². The van der Waals surface area contributed by atoms with Gasteiger partial charge in [0.2, 0.25) is 0 Å². The molecule has 0 spiro atoms. The monoisotopic (exact) mass is 269 g/mol. The highest BCUT2D eigenvalue weighted by atomic mass is 16.6. The molecule has 1 aromatic rings. The lowest BCUT2D eigenvalue weighted by molar-refractivity contribution is -0.147. The van der Waals surface area contributed by atoms with E-state index in [1.807, 2.05) is 0 Å². The third kappa shape index (κ3) is 3.27. The van der Waals surface area contributed by atoms with E-state index in [0.29, 0.717) is 0 Å². The number of carbonyl (C=O) groups is 2. The van der Waals surface area contributed by atoms with Gasteiger partial charge in [0.1, 0.15) is 0 Å². The fourth-order valence-electron chi connectivity index (χ4n) is 1.42. The van der Waals surface area contributed by atoms with Crippen LogP contribution in [0.25, 0.3) is 0 Å². The fourth-order valence-corrected chi connectivity index (χ4v) is 1.42. The van der Waals surface area contributed by atoms with Crippen molar-refractivity contribution in [3.05, 3.63) is 17.7 Å². The molecule has 3 N–H and O–H groups in total. The summed E-state index contributed by atoms with van der Waals surface area (Å²) in [5, 5.41) is 8.98. The Balaban J connectivity index is 3.14. The van der Waals surface area contributed by atoms with Crippen LogP contribution in [0.1, 0.15) is 17.3 Å². The molecule has 0 saturated carbocycles. The lowest BCUT2D eigenvalue weighted by Gasteiger charge is -2.16. The minimum absolute atomic E-state index is 0.0439. The van der Waals surface area contributed by atoms with Crippen LogP contribution in [0.15, 0.2) is 12.1 Å². The Morgan fingerprint density at radius 2 is 1.89 bits per heavy atom. The highest BCUT2D eigenvalue weighted by Gasteiger charge is 2.20. The molecular weight excluding hydrogens is 254 g/mol. The van der Waals surface area contributed by atoms with E-state index in [2.05, 4.69) is 4.74 Å². The van der Waals surface area contributed by atoms with E-state index in [1.165, 1.54) is 33.3 Å². The van der Waals surface area contributed by atoms with Crippen molar-refractivity contribution in [2.45, 2.75) is 13.0 Å². The zero-order valence-corrected chi connectivity index (χ0v) is 10.8. The van der Waals surface area contributed by atoms with Crippen molar-refractivity contribution < 1.29 is 28.9 Å². The van der Waals surface area contributed by atoms with Gasteiger partial charge in [0.15, 0.2) is 17.6 Å². The number of hydrogen-bond donors (Lipinski definition) is 2. The molecular formula is C12H15NO6. The second-order valence-corrected chi connectivity index (χ2v) is 3.68. The van der Waals surface area contributed by atoms with E-state index in [9.17, 15) is 9.59 Å². The summed E-state index contributed by atoms with van der Waals surface area (Å²) in [6.07, 6.45) is -0.899. The molecule has 0 amide bonds. The summed E-state index contributed by atoms with van der Waals surface area (Å²) in [4.78, 5) is 22.3. The molecule has 0 fully saturated rings. The van der Waals surface area contributed by atoms with Crippen molar-refractivity contribution in [3.63, 3.8) is 0 Å². The summed E-state index contributed by atoms with van der Waals surface area (Å²) in [6, 6.07) is 2.53. The fraction of sp³-hybridized carbons (Fsp3) is 0.333. The number of benzene rings is 1. The molecule has 1 atom stereocenters. The molecule has 104 valence electrons. The highest BCUT2D eigenvalue weighted by Crippen LogP contribution is 2.33. The van der Waals surface area contributed by atoms with Gasteiger partial charge in [0.05, 0.1) is 25.5 Å². The minimum atomic E-state index is -1.20. The molecule has 0 heterocycles. The highest BCUT2D eigenvalue weighted by molar-refractivity contribution is 5.94. The maximum absolute atomic E-state index is 11.3. The van der Waals surface area contributed by atoms with Gasteiger partial charge in [-0.3, -0.25) is 0 Å². The first kappa shape index (κ1) is 14.6. The van der Waals surface area contributed by atoms with E-state index in [1.54, 1.807) is 0 Å². The molecule has 1 unspecified atom stereocenters. The SMILES string of the molecule is COC(=O)C(C)Oc1cc(C(=O)O)c(N)cc1OC. The van der Waals surface area contributed by atoms with Crippen LogP contribution in [0.2, 0.25) is 0 Å². The van der Waals surface area contributed by atoms with Gasteiger partial charge in [0, 0.05) is 12.1 Å². The standard InChI is InChI=1S/C12H15NO6/c1-6(12(16)18-3)19-10-4-7(11(14)15)8(13)5-9(10)17-2/h4-6H,13H2,1-3H3,(H,14,15). The van der Waals surface area contributed by atoms with Crippen LogP contribution in [0.3, 0.4) is 0 Å². The van der Waals surface area contributed by atoms with Gasteiger partial charge in [0.25, 0.3) is 0 Å². The van der Waals surface area contributed by atoms with Crippen LogP contribution in [0, 0.1) is 0 Å². The van der Waals surface area contributed by atoms with E-state index in [-0.39, 0.29) is 22.7 Å². The largest absolute Gasteiger partial charge is 0.493 e. The van der Waals surface area contributed by atoms with Crippen LogP contribution in [-0.4, -0.2) is 37.4 Å². The quantitative estimate of drug-likeness (QED) is 0.604. The number of esters is 1. The zero-order chi connectivity index (χ0) is 14.6. The maximum atomic E-state index is 11.3. The third-order valence-electron chi connectivity index (χ3n) is 2.40. The van der Waals surface area contributed by atoms with E-state index >= 15 is 0 Å². The number of carboxylic acids is 1. The van der Waals surface area contributed by atoms with Crippen LogP contribution >= 0.6 is 0 Å². The molecule has 0 aliphatic rings. The van der Waals surface area contributed by atoms with Gasteiger partial charge < -0.3 is 25.1 Å². The summed E-state index contributed by atoms with van der Waals surface area (Å²) >= 11 is 0. The van der Waals surface area contributed by atoms with Crippen molar-refractivity contribution in [1.29, 1.82) is 0 Å². The van der Waals surface area contributed by atoms with E-state index in [4.69, 9.17) is 20.3 Å². The number of carbonyl (C=O) groups excluding carboxylic acids is 1. The number of ether oxygens (including phenoxy) is 3. The first-order chi connectivity index (χ1) is 8.90. The summed E-state index contributed by atoms with van der Waals surface area (Å²) in [7, 11) is 2.61. The summed E-state index contributed by atoms with van der Waals surface area (Å²) in [5.41, 5.74) is 5.49. The molecule has 7 nitrogen and oxygen atoms in total. The first-order valence-electron chi connectivity index (χ1n) is 5.36. The first-order valence-corrected chi connectivity index (χ1v) is 5.36. The minimum Gasteiger partial charge on any atom is -0.493 e. The van der Waals surface area contributed by atoms with Crippen molar-refractivity contribution in [1.82, 2.24) is 0 Å². The van der Waals surface area contributed by atoms with Crippen LogP contribution in [0.5, 0.6) is 11.5 Å². The smallest absolute Gasteiger partial charge is 0.346 e. The second kappa shape index (κ2) is 5.94. The molecule has 0 saturated heterocycles. The predicted molar refractivity (Wildman–Crippen MR) is 66.5 cm³/mol. The Hall–Kier alpha value is -2.44. The Morgan fingerprint density at radius 1 is 1.26 bits per heavy atom. The lowest BCUT2D eigenvalue weighted by Crippen LogP contribution is -2.25. The normalized spacial score (nSPS) is 11.5. The second-order valence-electron chi connectivity index (χ2n) is 3.68. The number of nitrogen functional groups attached to an aromatic ring is 1. The van der Waals surface area contributed by atoms with Gasteiger partial charge in [-0.25, -0.2) is 9.59 Å². The average Bonchev–Trinajstić information content (AvgIpc) is 2.38. The predicted octanol–water partition coefficient (Wildman–Crippen LogP) is 0.916. The maximum Gasteiger partial charge on any atom is 0.346 e. The van der Waals surface area contributed by atoms with Gasteiger partial charge in [-0.15, -0.1) is 0 Å². The zero-order valence-electron chi connectivity index (χ0n) is 10.8.